The molecular weight excluding hydrogens is 230 g/mol. The minimum Gasteiger partial charge on any atom is -0.247 e. The van der Waals surface area contributed by atoms with Crippen molar-refractivity contribution in [1.82, 2.24) is 0 Å². The lowest BCUT2D eigenvalue weighted by Crippen LogP contribution is -1.99. The molecule has 9 heavy (non-hydrogen) atoms. The van der Waals surface area contributed by atoms with Crippen molar-refractivity contribution in [2.75, 3.05) is 4.43 Å². The fourth-order valence-corrected chi connectivity index (χ4v) is 1.13. The third-order valence-corrected chi connectivity index (χ3v) is 2.24. The summed E-state index contributed by atoms with van der Waals surface area (Å²) < 4.78 is 13.1. The molecule has 0 saturated carbocycles. The number of hydrogen-bond donors (Lipinski definition) is 0. The van der Waals surface area contributed by atoms with Crippen LogP contribution in [0.15, 0.2) is 0 Å². The third-order valence-electron chi connectivity index (χ3n) is 1.29. The molecule has 0 N–H and O–H groups in total. The van der Waals surface area contributed by atoms with Gasteiger partial charge < -0.3 is 0 Å². The lowest BCUT2D eigenvalue weighted by Gasteiger charge is -2.01. The average Bonchev–Trinajstić information content (AvgIpc) is 1.89. The standard InChI is InChI=1S/C7H14FI/c1-2-3-4-5-7(8)6-9/h7H,2-6H2,1H3. The molecule has 56 valence electrons. The molecular formula is C7H14FI. The molecule has 0 aliphatic heterocycles. The summed E-state index contributed by atoms with van der Waals surface area (Å²) in [5.41, 5.74) is 0. The van der Waals surface area contributed by atoms with Gasteiger partial charge in [-0.1, -0.05) is 48.8 Å². The maximum Gasteiger partial charge on any atom is 0.109 e. The van der Waals surface area contributed by atoms with E-state index in [1.165, 1.54) is 12.8 Å². The molecule has 0 amide bonds. The molecule has 0 bridgehead atoms. The second-order valence-corrected chi connectivity index (χ2v) is 3.13. The third kappa shape index (κ3) is 6.55. The molecule has 1 atom stereocenters. The number of rotatable bonds is 5. The zero-order valence-corrected chi connectivity index (χ0v) is 8.03. The van der Waals surface area contributed by atoms with E-state index in [0.717, 1.165) is 12.8 Å². The normalized spacial score (nSPS) is 13.7. The molecule has 0 heterocycles. The summed E-state index contributed by atoms with van der Waals surface area (Å²) in [4.78, 5) is 0. The lowest BCUT2D eigenvalue weighted by atomic mass is 10.1. The first-order valence-corrected chi connectivity index (χ1v) is 5.03. The Kier molecular flexibility index (Phi) is 7.27. The van der Waals surface area contributed by atoms with Crippen LogP contribution < -0.4 is 0 Å². The number of unbranched alkanes of at least 4 members (excludes halogenated alkanes) is 2. The van der Waals surface area contributed by atoms with Crippen LogP contribution >= 0.6 is 22.6 Å². The van der Waals surface area contributed by atoms with Gasteiger partial charge in [0, 0.05) is 4.43 Å². The Balaban J connectivity index is 2.88. The first kappa shape index (κ1) is 9.66. The van der Waals surface area contributed by atoms with Crippen LogP contribution in [0.25, 0.3) is 0 Å². The van der Waals surface area contributed by atoms with Gasteiger partial charge in [0.1, 0.15) is 6.17 Å². The summed E-state index contributed by atoms with van der Waals surface area (Å²) in [7, 11) is 0. The Labute approximate surface area is 70.4 Å². The summed E-state index contributed by atoms with van der Waals surface area (Å²) in [5, 5.41) is 0. The van der Waals surface area contributed by atoms with E-state index in [-0.39, 0.29) is 0 Å². The molecule has 0 aliphatic carbocycles. The second-order valence-electron chi connectivity index (χ2n) is 2.25. The summed E-state index contributed by atoms with van der Waals surface area (Å²) in [6.45, 7) is 2.14. The Morgan fingerprint density at radius 2 is 2.11 bits per heavy atom. The van der Waals surface area contributed by atoms with E-state index in [9.17, 15) is 4.39 Å². The number of halogens is 2. The van der Waals surface area contributed by atoms with Crippen LogP contribution in [-0.2, 0) is 0 Å². The molecule has 0 aromatic heterocycles. The highest BCUT2D eigenvalue weighted by molar-refractivity contribution is 14.1. The Bertz CT molecular complexity index is 56.9. The van der Waals surface area contributed by atoms with Crippen molar-refractivity contribution < 1.29 is 4.39 Å². The lowest BCUT2D eigenvalue weighted by molar-refractivity contribution is 0.341. The first-order valence-electron chi connectivity index (χ1n) is 3.51. The predicted octanol–water partition coefficient (Wildman–Crippen LogP) is 3.34. The van der Waals surface area contributed by atoms with E-state index < -0.39 is 6.17 Å². The summed E-state index contributed by atoms with van der Waals surface area (Å²) in [6, 6.07) is 0. The fourth-order valence-electron chi connectivity index (χ4n) is 0.693. The van der Waals surface area contributed by atoms with Gasteiger partial charge in [0.2, 0.25) is 0 Å². The highest BCUT2D eigenvalue weighted by Gasteiger charge is 2.01. The minimum absolute atomic E-state index is 0.558. The largest absolute Gasteiger partial charge is 0.247 e. The smallest absolute Gasteiger partial charge is 0.109 e. The van der Waals surface area contributed by atoms with E-state index in [1.807, 2.05) is 0 Å². The molecule has 2 heteroatoms. The van der Waals surface area contributed by atoms with Crippen LogP contribution in [0, 0.1) is 0 Å². The predicted molar refractivity (Wildman–Crippen MR) is 47.9 cm³/mol. The molecule has 0 saturated heterocycles. The SMILES string of the molecule is CCCCCC(F)CI. The van der Waals surface area contributed by atoms with Gasteiger partial charge in [0.15, 0.2) is 0 Å². The number of hydrogen-bond acceptors (Lipinski definition) is 0. The molecule has 0 spiro atoms. The summed E-state index contributed by atoms with van der Waals surface area (Å²) in [5.74, 6) is 0. The van der Waals surface area contributed by atoms with Gasteiger partial charge in [0.25, 0.3) is 0 Å². The van der Waals surface area contributed by atoms with Crippen LogP contribution in [0.2, 0.25) is 0 Å². The molecule has 0 radical (unpaired) electrons. The highest BCUT2D eigenvalue weighted by atomic mass is 127. The average molecular weight is 244 g/mol. The van der Waals surface area contributed by atoms with Crippen LogP contribution in [-0.4, -0.2) is 10.6 Å². The summed E-state index contributed by atoms with van der Waals surface area (Å²) in [6.07, 6.45) is 3.62. The monoisotopic (exact) mass is 244 g/mol. The molecule has 0 rings (SSSR count). The van der Waals surface area contributed by atoms with Gasteiger partial charge in [-0.2, -0.15) is 0 Å². The van der Waals surface area contributed by atoms with Crippen molar-refractivity contribution in [3.63, 3.8) is 0 Å². The van der Waals surface area contributed by atoms with Crippen LogP contribution in [0.3, 0.4) is 0 Å². The Morgan fingerprint density at radius 3 is 2.56 bits per heavy atom. The Hall–Kier alpha value is 0.660. The van der Waals surface area contributed by atoms with Crippen LogP contribution in [0.1, 0.15) is 32.6 Å². The molecule has 0 aromatic carbocycles. The van der Waals surface area contributed by atoms with Gasteiger partial charge in [-0.15, -0.1) is 0 Å². The van der Waals surface area contributed by atoms with E-state index in [2.05, 4.69) is 29.5 Å². The van der Waals surface area contributed by atoms with Gasteiger partial charge in [-0.25, -0.2) is 4.39 Å². The maximum atomic E-state index is 12.4. The van der Waals surface area contributed by atoms with Crippen molar-refractivity contribution in [3.8, 4) is 0 Å². The minimum atomic E-state index is -0.558. The Morgan fingerprint density at radius 1 is 1.44 bits per heavy atom. The van der Waals surface area contributed by atoms with E-state index >= 15 is 0 Å². The zero-order valence-electron chi connectivity index (χ0n) is 5.87. The van der Waals surface area contributed by atoms with Gasteiger partial charge >= 0.3 is 0 Å². The van der Waals surface area contributed by atoms with Crippen molar-refractivity contribution in [3.05, 3.63) is 0 Å². The highest BCUT2D eigenvalue weighted by Crippen LogP contribution is 2.08. The molecule has 0 aromatic rings. The van der Waals surface area contributed by atoms with Crippen molar-refractivity contribution >= 4 is 22.6 Å². The van der Waals surface area contributed by atoms with Gasteiger partial charge in [0.05, 0.1) is 0 Å². The van der Waals surface area contributed by atoms with E-state index in [1.54, 1.807) is 0 Å². The van der Waals surface area contributed by atoms with E-state index in [0.29, 0.717) is 4.43 Å². The second kappa shape index (κ2) is 6.78. The quantitative estimate of drug-likeness (QED) is 0.395. The molecule has 0 fully saturated rings. The van der Waals surface area contributed by atoms with Crippen molar-refractivity contribution in [2.45, 2.75) is 38.8 Å². The maximum absolute atomic E-state index is 12.4. The topological polar surface area (TPSA) is 0 Å². The van der Waals surface area contributed by atoms with Gasteiger partial charge in [-0.3, -0.25) is 0 Å². The molecule has 0 nitrogen and oxygen atoms in total. The van der Waals surface area contributed by atoms with E-state index in [4.69, 9.17) is 0 Å². The van der Waals surface area contributed by atoms with Crippen molar-refractivity contribution in [1.29, 1.82) is 0 Å². The molecule has 1 unspecified atom stereocenters. The summed E-state index contributed by atoms with van der Waals surface area (Å²) >= 11 is 2.09. The van der Waals surface area contributed by atoms with Crippen LogP contribution in [0.4, 0.5) is 4.39 Å². The van der Waals surface area contributed by atoms with Crippen molar-refractivity contribution in [2.24, 2.45) is 0 Å². The fraction of sp³-hybridized carbons (Fsp3) is 1.00. The number of alkyl halides is 2. The van der Waals surface area contributed by atoms with Gasteiger partial charge in [-0.05, 0) is 6.42 Å². The van der Waals surface area contributed by atoms with Crippen LogP contribution in [0.5, 0.6) is 0 Å². The molecule has 0 aliphatic rings. The first-order chi connectivity index (χ1) is 4.31. The zero-order chi connectivity index (χ0) is 7.11.